The Hall–Kier alpha value is -1.52. The fourth-order valence-electron chi connectivity index (χ4n) is 2.16. The topological polar surface area (TPSA) is 29.1 Å². The van der Waals surface area contributed by atoms with E-state index < -0.39 is 11.7 Å². The number of benzene rings is 1. The number of hydrogen-bond donors (Lipinski definition) is 1. The standard InChI is InChI=1S/C13H14F3NO/c14-13(15,16)11-3-1-2-4-12(11)17-9-5-7-10(18)8-6-9/h1-4,9,17H,5-8H2. The maximum absolute atomic E-state index is 12.8. The molecule has 0 saturated heterocycles. The van der Waals surface area contributed by atoms with Crippen molar-refractivity contribution in [1.82, 2.24) is 0 Å². The summed E-state index contributed by atoms with van der Waals surface area (Å²) < 4.78 is 38.3. The molecule has 1 saturated carbocycles. The van der Waals surface area contributed by atoms with Gasteiger partial charge in [-0.15, -0.1) is 0 Å². The molecule has 0 aromatic heterocycles. The van der Waals surface area contributed by atoms with Crippen LogP contribution in [0.3, 0.4) is 0 Å². The minimum Gasteiger partial charge on any atom is -0.382 e. The first-order valence-electron chi connectivity index (χ1n) is 5.91. The predicted octanol–water partition coefficient (Wildman–Crippen LogP) is 3.63. The molecule has 0 bridgehead atoms. The molecule has 1 aromatic rings. The van der Waals surface area contributed by atoms with E-state index in [0.29, 0.717) is 25.7 Å². The van der Waals surface area contributed by atoms with Crippen LogP contribution in [0.5, 0.6) is 0 Å². The normalized spacial score (nSPS) is 17.8. The van der Waals surface area contributed by atoms with Crippen molar-refractivity contribution >= 4 is 11.5 Å². The molecule has 0 heterocycles. The number of halogens is 3. The summed E-state index contributed by atoms with van der Waals surface area (Å²) in [5.74, 6) is 0.192. The quantitative estimate of drug-likeness (QED) is 0.876. The first kappa shape index (κ1) is 12.9. The van der Waals surface area contributed by atoms with Crippen molar-refractivity contribution in [3.05, 3.63) is 29.8 Å². The minimum atomic E-state index is -4.35. The summed E-state index contributed by atoms with van der Waals surface area (Å²) in [4.78, 5) is 11.1. The lowest BCUT2D eigenvalue weighted by Gasteiger charge is -2.25. The monoisotopic (exact) mass is 257 g/mol. The van der Waals surface area contributed by atoms with Gasteiger partial charge >= 0.3 is 6.18 Å². The SMILES string of the molecule is O=C1CCC(Nc2ccccc2C(F)(F)F)CC1. The van der Waals surface area contributed by atoms with Gasteiger partial charge in [-0.2, -0.15) is 13.2 Å². The second kappa shape index (κ2) is 5.00. The first-order valence-corrected chi connectivity index (χ1v) is 5.91. The van der Waals surface area contributed by atoms with E-state index >= 15 is 0 Å². The van der Waals surface area contributed by atoms with Crippen LogP contribution in [0.25, 0.3) is 0 Å². The van der Waals surface area contributed by atoms with Gasteiger partial charge in [0.05, 0.1) is 5.56 Å². The second-order valence-electron chi connectivity index (χ2n) is 4.50. The molecule has 1 aliphatic carbocycles. The highest BCUT2D eigenvalue weighted by atomic mass is 19.4. The van der Waals surface area contributed by atoms with E-state index in [-0.39, 0.29) is 17.5 Å². The fourth-order valence-corrected chi connectivity index (χ4v) is 2.16. The number of Topliss-reactive ketones (excluding diaryl/α,β-unsaturated/α-hetero) is 1. The molecule has 1 fully saturated rings. The van der Waals surface area contributed by atoms with Crippen molar-refractivity contribution in [1.29, 1.82) is 0 Å². The number of rotatable bonds is 2. The smallest absolute Gasteiger partial charge is 0.382 e. The molecule has 98 valence electrons. The number of para-hydroxylation sites is 1. The van der Waals surface area contributed by atoms with Crippen molar-refractivity contribution in [3.63, 3.8) is 0 Å². The molecule has 0 spiro atoms. The minimum absolute atomic E-state index is 0.0498. The van der Waals surface area contributed by atoms with Crippen LogP contribution in [-0.2, 0) is 11.0 Å². The maximum atomic E-state index is 12.8. The third kappa shape index (κ3) is 3.03. The van der Waals surface area contributed by atoms with Crippen LogP contribution in [0.15, 0.2) is 24.3 Å². The van der Waals surface area contributed by atoms with E-state index in [1.165, 1.54) is 12.1 Å². The van der Waals surface area contributed by atoms with Gasteiger partial charge in [0.1, 0.15) is 5.78 Å². The molecular weight excluding hydrogens is 243 g/mol. The lowest BCUT2D eigenvalue weighted by Crippen LogP contribution is -2.27. The molecule has 2 rings (SSSR count). The van der Waals surface area contributed by atoms with Gasteiger partial charge in [-0.05, 0) is 25.0 Å². The van der Waals surface area contributed by atoms with E-state index in [4.69, 9.17) is 0 Å². The zero-order chi connectivity index (χ0) is 13.2. The van der Waals surface area contributed by atoms with Crippen LogP contribution in [0.4, 0.5) is 18.9 Å². The molecule has 5 heteroatoms. The van der Waals surface area contributed by atoms with Crippen molar-refractivity contribution < 1.29 is 18.0 Å². The molecular formula is C13H14F3NO. The van der Waals surface area contributed by atoms with E-state index in [1.54, 1.807) is 6.07 Å². The average molecular weight is 257 g/mol. The number of carbonyl (C=O) groups is 1. The lowest BCUT2D eigenvalue weighted by atomic mass is 9.94. The Morgan fingerprint density at radius 2 is 1.72 bits per heavy atom. The second-order valence-corrected chi connectivity index (χ2v) is 4.50. The Morgan fingerprint density at radius 3 is 2.33 bits per heavy atom. The molecule has 1 aromatic carbocycles. The summed E-state index contributed by atoms with van der Waals surface area (Å²) in [7, 11) is 0. The number of alkyl halides is 3. The average Bonchev–Trinajstić information content (AvgIpc) is 2.31. The fraction of sp³-hybridized carbons (Fsp3) is 0.462. The number of hydrogen-bond acceptors (Lipinski definition) is 2. The third-order valence-electron chi connectivity index (χ3n) is 3.14. The lowest BCUT2D eigenvalue weighted by molar-refractivity contribution is -0.137. The Labute approximate surface area is 103 Å². The highest BCUT2D eigenvalue weighted by Gasteiger charge is 2.33. The highest BCUT2D eigenvalue weighted by molar-refractivity contribution is 5.79. The van der Waals surface area contributed by atoms with Gasteiger partial charge < -0.3 is 5.32 Å². The van der Waals surface area contributed by atoms with Crippen LogP contribution < -0.4 is 5.32 Å². The van der Waals surface area contributed by atoms with Crippen LogP contribution >= 0.6 is 0 Å². The molecule has 0 amide bonds. The summed E-state index contributed by atoms with van der Waals surface area (Å²) in [6, 6.07) is 5.39. The van der Waals surface area contributed by atoms with Crippen molar-refractivity contribution in [2.24, 2.45) is 0 Å². The first-order chi connectivity index (χ1) is 8.47. The van der Waals surface area contributed by atoms with Gasteiger partial charge in [-0.3, -0.25) is 4.79 Å². The van der Waals surface area contributed by atoms with E-state index in [1.807, 2.05) is 0 Å². The zero-order valence-electron chi connectivity index (χ0n) is 9.76. The third-order valence-corrected chi connectivity index (χ3v) is 3.14. The summed E-state index contributed by atoms with van der Waals surface area (Å²) in [5, 5.41) is 2.90. The Balaban J connectivity index is 2.12. The van der Waals surface area contributed by atoms with Crippen molar-refractivity contribution in [2.45, 2.75) is 37.9 Å². The van der Waals surface area contributed by atoms with Crippen molar-refractivity contribution in [3.8, 4) is 0 Å². The van der Waals surface area contributed by atoms with Crippen LogP contribution in [0, 0.1) is 0 Å². The summed E-state index contributed by atoms with van der Waals surface area (Å²) in [5.41, 5.74) is -0.550. The molecule has 2 nitrogen and oxygen atoms in total. The Bertz CT molecular complexity index is 432. The Kier molecular flexibility index (Phi) is 3.59. The van der Waals surface area contributed by atoms with Crippen molar-refractivity contribution in [2.75, 3.05) is 5.32 Å². The van der Waals surface area contributed by atoms with Gasteiger partial charge in [-0.25, -0.2) is 0 Å². The molecule has 0 radical (unpaired) electrons. The highest BCUT2D eigenvalue weighted by Crippen LogP contribution is 2.35. The maximum Gasteiger partial charge on any atom is 0.418 e. The Morgan fingerprint density at radius 1 is 1.11 bits per heavy atom. The number of ketones is 1. The number of nitrogens with one attached hydrogen (secondary N) is 1. The molecule has 0 aliphatic heterocycles. The predicted molar refractivity (Wildman–Crippen MR) is 62.3 cm³/mol. The van der Waals surface area contributed by atoms with E-state index in [2.05, 4.69) is 5.32 Å². The van der Waals surface area contributed by atoms with Gasteiger partial charge in [-0.1, -0.05) is 12.1 Å². The van der Waals surface area contributed by atoms with Gasteiger partial charge in [0.15, 0.2) is 0 Å². The summed E-state index contributed by atoms with van der Waals surface area (Å²) in [6.45, 7) is 0. The largest absolute Gasteiger partial charge is 0.418 e. The number of anilines is 1. The van der Waals surface area contributed by atoms with Gasteiger partial charge in [0.25, 0.3) is 0 Å². The molecule has 18 heavy (non-hydrogen) atoms. The van der Waals surface area contributed by atoms with Crippen LogP contribution in [-0.4, -0.2) is 11.8 Å². The molecule has 0 atom stereocenters. The summed E-state index contributed by atoms with van der Waals surface area (Å²) >= 11 is 0. The molecule has 1 N–H and O–H groups in total. The molecule has 1 aliphatic rings. The number of carbonyl (C=O) groups excluding carboxylic acids is 1. The van der Waals surface area contributed by atoms with E-state index in [0.717, 1.165) is 6.07 Å². The van der Waals surface area contributed by atoms with Crippen LogP contribution in [0.1, 0.15) is 31.2 Å². The van der Waals surface area contributed by atoms with E-state index in [9.17, 15) is 18.0 Å². The summed E-state index contributed by atoms with van der Waals surface area (Å²) in [6.07, 6.45) is -2.25. The van der Waals surface area contributed by atoms with Crippen LogP contribution in [0.2, 0.25) is 0 Å². The zero-order valence-corrected chi connectivity index (χ0v) is 9.76. The molecule has 0 unspecified atom stereocenters. The van der Waals surface area contributed by atoms with Gasteiger partial charge in [0.2, 0.25) is 0 Å². The van der Waals surface area contributed by atoms with Gasteiger partial charge in [0, 0.05) is 24.6 Å².